The third-order valence-corrected chi connectivity index (χ3v) is 4.45. The zero-order valence-electron chi connectivity index (χ0n) is 13.6. The van der Waals surface area contributed by atoms with Crippen molar-refractivity contribution in [3.8, 4) is 5.75 Å². The van der Waals surface area contributed by atoms with Crippen LogP contribution in [0.25, 0.3) is 0 Å². The number of hydrogen-bond donors (Lipinski definition) is 0. The van der Waals surface area contributed by atoms with Crippen LogP contribution in [0.3, 0.4) is 0 Å². The average molecular weight is 359 g/mol. The van der Waals surface area contributed by atoms with Crippen LogP contribution in [-0.2, 0) is 6.42 Å². The van der Waals surface area contributed by atoms with Crippen molar-refractivity contribution in [1.82, 2.24) is 0 Å². The largest absolute Gasteiger partial charge is 0.485 e. The number of allylic oxidation sites excluding steroid dienone is 4. The molecule has 116 valence electrons. The molecule has 0 saturated carbocycles. The van der Waals surface area contributed by atoms with Crippen molar-refractivity contribution >= 4 is 15.9 Å². The van der Waals surface area contributed by atoms with E-state index in [9.17, 15) is 0 Å². The molecule has 0 saturated heterocycles. The van der Waals surface area contributed by atoms with Crippen LogP contribution in [0.1, 0.15) is 32.8 Å². The van der Waals surface area contributed by atoms with Crippen molar-refractivity contribution in [2.24, 2.45) is 0 Å². The van der Waals surface area contributed by atoms with Gasteiger partial charge in [-0.1, -0.05) is 46.8 Å². The lowest BCUT2D eigenvalue weighted by Gasteiger charge is -2.27. The molecular weight excluding hydrogens is 336 g/mol. The van der Waals surface area contributed by atoms with E-state index < -0.39 is 0 Å². The Morgan fingerprint density at radius 1 is 1.32 bits per heavy atom. The first-order chi connectivity index (χ1) is 10.4. The molecule has 1 aromatic rings. The fraction of sp³-hybridized carbons (Fsp3) is 0.300. The molecule has 1 aromatic carbocycles. The van der Waals surface area contributed by atoms with Crippen molar-refractivity contribution in [2.45, 2.75) is 39.7 Å². The molecule has 1 atom stereocenters. The third kappa shape index (κ3) is 3.80. The summed E-state index contributed by atoms with van der Waals surface area (Å²) in [5, 5.41) is 0. The van der Waals surface area contributed by atoms with E-state index in [-0.39, 0.29) is 6.10 Å². The maximum absolute atomic E-state index is 6.12. The van der Waals surface area contributed by atoms with Crippen LogP contribution < -0.4 is 4.74 Å². The first-order valence-corrected chi connectivity index (χ1v) is 8.36. The SMILES string of the molecule is C=C(C)C(=CC)C(C)=CC(=C)C1CCc2cc(Br)ccc2O1. The molecule has 1 heterocycles. The first kappa shape index (κ1) is 16.8. The van der Waals surface area contributed by atoms with E-state index >= 15 is 0 Å². The summed E-state index contributed by atoms with van der Waals surface area (Å²) in [6, 6.07) is 6.18. The van der Waals surface area contributed by atoms with Gasteiger partial charge in [-0.15, -0.1) is 0 Å². The molecule has 22 heavy (non-hydrogen) atoms. The molecule has 0 radical (unpaired) electrons. The minimum absolute atomic E-state index is 0.0480. The summed E-state index contributed by atoms with van der Waals surface area (Å²) in [4.78, 5) is 0. The molecule has 0 fully saturated rings. The second-order valence-corrected chi connectivity index (χ2v) is 6.70. The highest BCUT2D eigenvalue weighted by Crippen LogP contribution is 2.32. The van der Waals surface area contributed by atoms with Crippen LogP contribution in [0.15, 0.2) is 70.3 Å². The molecule has 1 nitrogen and oxygen atoms in total. The fourth-order valence-electron chi connectivity index (χ4n) is 2.88. The molecule has 0 aliphatic carbocycles. The Labute approximate surface area is 142 Å². The van der Waals surface area contributed by atoms with Crippen LogP contribution in [0.4, 0.5) is 0 Å². The van der Waals surface area contributed by atoms with Crippen LogP contribution in [-0.4, -0.2) is 6.10 Å². The van der Waals surface area contributed by atoms with E-state index in [1.54, 1.807) is 0 Å². The second-order valence-electron chi connectivity index (χ2n) is 5.78. The van der Waals surface area contributed by atoms with Gasteiger partial charge in [0.1, 0.15) is 11.9 Å². The van der Waals surface area contributed by atoms with Gasteiger partial charge in [0.05, 0.1) is 0 Å². The monoisotopic (exact) mass is 358 g/mol. The quantitative estimate of drug-likeness (QED) is 0.585. The van der Waals surface area contributed by atoms with Gasteiger partial charge in [0.25, 0.3) is 0 Å². The van der Waals surface area contributed by atoms with Crippen molar-refractivity contribution < 1.29 is 4.74 Å². The smallest absolute Gasteiger partial charge is 0.123 e. The second kappa shape index (κ2) is 7.15. The molecule has 1 aliphatic heterocycles. The van der Waals surface area contributed by atoms with E-state index in [0.29, 0.717) is 0 Å². The van der Waals surface area contributed by atoms with Gasteiger partial charge in [0.15, 0.2) is 0 Å². The van der Waals surface area contributed by atoms with Crippen LogP contribution in [0.5, 0.6) is 5.75 Å². The Morgan fingerprint density at radius 2 is 2.05 bits per heavy atom. The minimum atomic E-state index is 0.0480. The molecule has 2 rings (SSSR count). The standard InChI is InChI=1S/C20H23BrO/c1-6-18(13(2)3)14(4)11-15(5)19-9-7-16-12-17(21)8-10-20(16)22-19/h6,8,10-12,19H,2,5,7,9H2,1,3-4H3. The molecule has 1 aliphatic rings. The molecule has 0 amide bonds. The molecule has 0 bridgehead atoms. The number of ether oxygens (including phenoxy) is 1. The van der Waals surface area contributed by atoms with Gasteiger partial charge >= 0.3 is 0 Å². The number of rotatable bonds is 4. The number of fused-ring (bicyclic) bond motifs is 1. The van der Waals surface area contributed by atoms with E-state index in [1.165, 1.54) is 16.7 Å². The maximum atomic E-state index is 6.12. The summed E-state index contributed by atoms with van der Waals surface area (Å²) in [6.45, 7) is 14.4. The van der Waals surface area contributed by atoms with Crippen molar-refractivity contribution in [3.05, 3.63) is 75.8 Å². The average Bonchev–Trinajstić information content (AvgIpc) is 2.46. The van der Waals surface area contributed by atoms with Gasteiger partial charge < -0.3 is 4.74 Å². The summed E-state index contributed by atoms with van der Waals surface area (Å²) in [5.41, 5.74) is 5.72. The Balaban J connectivity index is 2.15. The summed E-state index contributed by atoms with van der Waals surface area (Å²) < 4.78 is 7.22. The number of halogens is 1. The number of hydrogen-bond acceptors (Lipinski definition) is 1. The normalized spacial score (nSPS) is 18.5. The Morgan fingerprint density at radius 3 is 2.68 bits per heavy atom. The Hall–Kier alpha value is -1.54. The third-order valence-electron chi connectivity index (χ3n) is 3.96. The Bertz CT molecular complexity index is 664. The van der Waals surface area contributed by atoms with Crippen molar-refractivity contribution in [1.29, 1.82) is 0 Å². The van der Waals surface area contributed by atoms with Crippen LogP contribution >= 0.6 is 15.9 Å². The predicted molar refractivity (Wildman–Crippen MR) is 98.3 cm³/mol. The van der Waals surface area contributed by atoms with E-state index in [2.05, 4.69) is 54.2 Å². The van der Waals surface area contributed by atoms with E-state index in [4.69, 9.17) is 4.74 Å². The zero-order valence-corrected chi connectivity index (χ0v) is 15.2. The fourth-order valence-corrected chi connectivity index (χ4v) is 3.29. The molecule has 1 unspecified atom stereocenters. The Kier molecular flexibility index (Phi) is 5.47. The molecule has 0 aromatic heterocycles. The van der Waals surface area contributed by atoms with Gasteiger partial charge in [-0.2, -0.15) is 0 Å². The van der Waals surface area contributed by atoms with Crippen molar-refractivity contribution in [3.63, 3.8) is 0 Å². The van der Waals surface area contributed by atoms with E-state index in [0.717, 1.165) is 34.2 Å². The van der Waals surface area contributed by atoms with Crippen molar-refractivity contribution in [2.75, 3.05) is 0 Å². The highest BCUT2D eigenvalue weighted by molar-refractivity contribution is 9.10. The molecule has 2 heteroatoms. The zero-order chi connectivity index (χ0) is 16.3. The van der Waals surface area contributed by atoms with Crippen LogP contribution in [0.2, 0.25) is 0 Å². The summed E-state index contributed by atoms with van der Waals surface area (Å²) in [6.07, 6.45) is 6.24. The first-order valence-electron chi connectivity index (χ1n) is 7.57. The number of aryl methyl sites for hydroxylation is 1. The molecular formula is C20H23BrO. The molecule has 0 N–H and O–H groups in total. The highest BCUT2D eigenvalue weighted by Gasteiger charge is 2.21. The summed E-state index contributed by atoms with van der Waals surface area (Å²) in [5.74, 6) is 0.970. The van der Waals surface area contributed by atoms with Gasteiger partial charge in [0, 0.05) is 4.47 Å². The predicted octanol–water partition coefficient (Wildman–Crippen LogP) is 6.17. The van der Waals surface area contributed by atoms with Crippen LogP contribution in [0, 0.1) is 0 Å². The summed E-state index contributed by atoms with van der Waals surface area (Å²) in [7, 11) is 0. The van der Waals surface area contributed by atoms with Gasteiger partial charge in [0.2, 0.25) is 0 Å². The van der Waals surface area contributed by atoms with Gasteiger partial charge in [-0.25, -0.2) is 0 Å². The topological polar surface area (TPSA) is 9.23 Å². The number of benzene rings is 1. The highest BCUT2D eigenvalue weighted by atomic mass is 79.9. The molecule has 0 spiro atoms. The maximum Gasteiger partial charge on any atom is 0.123 e. The minimum Gasteiger partial charge on any atom is -0.485 e. The lowest BCUT2D eigenvalue weighted by Crippen LogP contribution is -2.23. The summed E-state index contributed by atoms with van der Waals surface area (Å²) >= 11 is 3.51. The van der Waals surface area contributed by atoms with E-state index in [1.807, 2.05) is 26.0 Å². The van der Waals surface area contributed by atoms with Gasteiger partial charge in [-0.05, 0) is 74.1 Å². The van der Waals surface area contributed by atoms with Gasteiger partial charge in [-0.3, -0.25) is 0 Å². The lowest BCUT2D eigenvalue weighted by molar-refractivity contribution is 0.211. The lowest BCUT2D eigenvalue weighted by atomic mass is 9.94.